The molecule has 0 heterocycles. The van der Waals surface area contributed by atoms with E-state index in [9.17, 15) is 9.46 Å². The van der Waals surface area contributed by atoms with E-state index in [1.54, 1.807) is 6.08 Å². The molecule has 126 valence electrons. The smallest absolute Gasteiger partial charge is 0.319 e. The lowest BCUT2D eigenvalue weighted by molar-refractivity contribution is -0.870. The Morgan fingerprint density at radius 1 is 1.10 bits per heavy atom. The highest BCUT2D eigenvalue weighted by Crippen LogP contribution is 2.38. The molecular formula is C15H32NO4P. The fourth-order valence-corrected chi connectivity index (χ4v) is 2.29. The van der Waals surface area contributed by atoms with Gasteiger partial charge in [0.05, 0.1) is 27.4 Å². The van der Waals surface area contributed by atoms with Crippen LogP contribution in [-0.4, -0.2) is 38.8 Å². The predicted octanol–water partition coefficient (Wildman–Crippen LogP) is 3.46. The Morgan fingerprint density at radius 3 is 2.33 bits per heavy atom. The van der Waals surface area contributed by atoms with Crippen LogP contribution in [0.25, 0.3) is 0 Å². The fourth-order valence-electron chi connectivity index (χ4n) is 1.69. The molecule has 0 aliphatic heterocycles. The highest BCUT2D eigenvalue weighted by molar-refractivity contribution is 7.45. The molecule has 0 aliphatic rings. The van der Waals surface area contributed by atoms with Crippen LogP contribution in [0.4, 0.5) is 0 Å². The van der Waals surface area contributed by atoms with Gasteiger partial charge < -0.3 is 18.4 Å². The van der Waals surface area contributed by atoms with Gasteiger partial charge in [-0.1, -0.05) is 39.0 Å². The summed E-state index contributed by atoms with van der Waals surface area (Å²) in [6.45, 7) is 2.94. The van der Waals surface area contributed by atoms with Crippen molar-refractivity contribution in [1.82, 2.24) is 0 Å². The summed E-state index contributed by atoms with van der Waals surface area (Å²) in [5, 5.41) is 0. The first-order valence-electron chi connectivity index (χ1n) is 7.86. The van der Waals surface area contributed by atoms with E-state index in [4.69, 9.17) is 4.52 Å². The Balaban J connectivity index is 3.63. The lowest BCUT2D eigenvalue weighted by Gasteiger charge is -2.26. The summed E-state index contributed by atoms with van der Waals surface area (Å²) in [6, 6.07) is 0. The largest absolute Gasteiger partial charge is 0.746 e. The van der Waals surface area contributed by atoms with Gasteiger partial charge in [-0.05, 0) is 18.9 Å². The second-order valence-electron chi connectivity index (χ2n) is 6.33. The van der Waals surface area contributed by atoms with Crippen molar-refractivity contribution in [2.45, 2.75) is 51.9 Å². The van der Waals surface area contributed by atoms with Crippen LogP contribution < -0.4 is 4.89 Å². The van der Waals surface area contributed by atoms with E-state index in [0.717, 1.165) is 12.8 Å². The van der Waals surface area contributed by atoms with Gasteiger partial charge in [0.2, 0.25) is 0 Å². The monoisotopic (exact) mass is 321 g/mol. The van der Waals surface area contributed by atoms with Gasteiger partial charge in [-0.2, -0.15) is 0 Å². The summed E-state index contributed by atoms with van der Waals surface area (Å²) >= 11 is 0. The average molecular weight is 321 g/mol. The molecule has 0 bridgehead atoms. The minimum atomic E-state index is -4.20. The molecule has 0 aromatic carbocycles. The molecule has 6 heteroatoms. The summed E-state index contributed by atoms with van der Waals surface area (Å²) in [5.74, 6) is 0. The molecule has 0 rings (SSSR count). The Morgan fingerprint density at radius 2 is 1.71 bits per heavy atom. The fraction of sp³-hybridized carbons (Fsp3) is 0.867. The molecule has 5 nitrogen and oxygen atoms in total. The van der Waals surface area contributed by atoms with Gasteiger partial charge in [-0.25, -0.2) is 0 Å². The maximum absolute atomic E-state index is 11.4. The second kappa shape index (κ2) is 11.2. The molecule has 0 aliphatic carbocycles. The molecule has 0 aromatic rings. The number of likely N-dealkylation sites (N-methyl/N-ethyl adjacent to an activating group) is 1. The van der Waals surface area contributed by atoms with Crippen LogP contribution in [0.5, 0.6) is 0 Å². The first-order valence-corrected chi connectivity index (χ1v) is 9.32. The lowest BCUT2D eigenvalue weighted by Crippen LogP contribution is -2.37. The standard InChI is InChI=1S/C15H32NO4P/c1-5-6-7-8-9-10-11-12-14-19-21(17,18)20-15-13-16(2,3)4/h12,14H,5-11,13,15H2,1-4H3/b14-12+. The maximum atomic E-state index is 11.4. The van der Waals surface area contributed by atoms with Crippen molar-refractivity contribution in [3.63, 3.8) is 0 Å². The summed E-state index contributed by atoms with van der Waals surface area (Å²) in [6.07, 6.45) is 11.1. The molecule has 0 spiro atoms. The Bertz CT molecular complexity index is 326. The number of hydrogen-bond donors (Lipinski definition) is 0. The minimum Gasteiger partial charge on any atom is -0.746 e. The molecule has 1 unspecified atom stereocenters. The third-order valence-electron chi connectivity index (χ3n) is 3.02. The lowest BCUT2D eigenvalue weighted by atomic mass is 10.1. The molecular weight excluding hydrogens is 289 g/mol. The van der Waals surface area contributed by atoms with Crippen LogP contribution >= 0.6 is 7.82 Å². The zero-order chi connectivity index (χ0) is 16.2. The average Bonchev–Trinajstić information content (AvgIpc) is 2.35. The van der Waals surface area contributed by atoms with E-state index in [1.165, 1.54) is 38.4 Å². The van der Waals surface area contributed by atoms with Crippen molar-refractivity contribution < 1.29 is 23.0 Å². The van der Waals surface area contributed by atoms with Crippen molar-refractivity contribution in [3.05, 3.63) is 12.3 Å². The number of rotatable bonds is 13. The molecule has 0 fully saturated rings. The summed E-state index contributed by atoms with van der Waals surface area (Å²) in [5.41, 5.74) is 0. The summed E-state index contributed by atoms with van der Waals surface area (Å²) in [4.78, 5) is 11.4. The van der Waals surface area contributed by atoms with Crippen LogP contribution in [0.1, 0.15) is 51.9 Å². The van der Waals surface area contributed by atoms with Crippen molar-refractivity contribution >= 4 is 7.82 Å². The molecule has 0 saturated heterocycles. The number of allylic oxidation sites excluding steroid dienone is 1. The van der Waals surface area contributed by atoms with Crippen LogP contribution in [0.15, 0.2) is 12.3 Å². The normalized spacial score (nSPS) is 15.3. The molecule has 0 radical (unpaired) electrons. The first-order chi connectivity index (χ1) is 9.77. The van der Waals surface area contributed by atoms with Gasteiger partial charge in [0.25, 0.3) is 0 Å². The molecule has 0 N–H and O–H groups in total. The number of hydrogen-bond acceptors (Lipinski definition) is 4. The van der Waals surface area contributed by atoms with Crippen molar-refractivity contribution in [2.75, 3.05) is 34.3 Å². The molecule has 0 amide bonds. The maximum Gasteiger partial charge on any atom is 0.319 e. The topological polar surface area (TPSA) is 58.6 Å². The van der Waals surface area contributed by atoms with E-state index in [1.807, 2.05) is 21.1 Å². The van der Waals surface area contributed by atoms with E-state index in [-0.39, 0.29) is 6.61 Å². The minimum absolute atomic E-state index is 0.134. The zero-order valence-corrected chi connectivity index (χ0v) is 14.9. The van der Waals surface area contributed by atoms with Crippen molar-refractivity contribution in [1.29, 1.82) is 0 Å². The van der Waals surface area contributed by atoms with Crippen LogP contribution in [0, 0.1) is 0 Å². The van der Waals surface area contributed by atoms with Gasteiger partial charge >= 0.3 is 7.82 Å². The Kier molecular flexibility index (Phi) is 11.1. The van der Waals surface area contributed by atoms with Gasteiger partial charge in [-0.3, -0.25) is 4.57 Å². The molecule has 0 saturated carbocycles. The number of nitrogens with zero attached hydrogens (tertiary/aromatic N) is 1. The molecule has 21 heavy (non-hydrogen) atoms. The number of unbranched alkanes of at least 4 members (excludes halogenated alkanes) is 6. The van der Waals surface area contributed by atoms with E-state index < -0.39 is 7.82 Å². The van der Waals surface area contributed by atoms with Crippen LogP contribution in [-0.2, 0) is 13.6 Å². The summed E-state index contributed by atoms with van der Waals surface area (Å²) < 4.78 is 21.6. The number of phosphoric acid groups is 1. The van der Waals surface area contributed by atoms with Gasteiger partial charge in [0.15, 0.2) is 0 Å². The number of quaternary nitrogens is 1. The Hall–Kier alpha value is -0.350. The van der Waals surface area contributed by atoms with E-state index in [0.29, 0.717) is 11.0 Å². The van der Waals surface area contributed by atoms with Crippen LogP contribution in [0.2, 0.25) is 0 Å². The summed E-state index contributed by atoms with van der Waals surface area (Å²) in [7, 11) is 1.72. The SMILES string of the molecule is CCCCCCCC/C=C/OP(=O)([O-])OCC[N+](C)(C)C. The van der Waals surface area contributed by atoms with Crippen molar-refractivity contribution in [3.8, 4) is 0 Å². The highest BCUT2D eigenvalue weighted by atomic mass is 31.2. The van der Waals surface area contributed by atoms with Gasteiger partial charge in [0.1, 0.15) is 13.2 Å². The molecule has 1 atom stereocenters. The van der Waals surface area contributed by atoms with Gasteiger partial charge in [0, 0.05) is 0 Å². The first kappa shape index (κ1) is 20.6. The third-order valence-corrected chi connectivity index (χ3v) is 3.90. The van der Waals surface area contributed by atoms with Gasteiger partial charge in [-0.15, -0.1) is 0 Å². The zero-order valence-electron chi connectivity index (χ0n) is 14.0. The highest BCUT2D eigenvalue weighted by Gasteiger charge is 2.12. The van der Waals surface area contributed by atoms with E-state index in [2.05, 4.69) is 11.4 Å². The third kappa shape index (κ3) is 15.9. The van der Waals surface area contributed by atoms with E-state index >= 15 is 0 Å². The number of phosphoric ester groups is 1. The Labute approximate surface area is 130 Å². The second-order valence-corrected chi connectivity index (χ2v) is 7.69. The molecule has 0 aromatic heterocycles. The quantitative estimate of drug-likeness (QED) is 0.226. The van der Waals surface area contributed by atoms with Crippen molar-refractivity contribution in [2.24, 2.45) is 0 Å². The predicted molar refractivity (Wildman–Crippen MR) is 84.7 cm³/mol. The van der Waals surface area contributed by atoms with Crippen LogP contribution in [0.3, 0.4) is 0 Å².